The van der Waals surface area contributed by atoms with Crippen molar-refractivity contribution in [1.82, 2.24) is 9.88 Å². The van der Waals surface area contributed by atoms with E-state index < -0.39 is 0 Å². The Bertz CT molecular complexity index is 640. The Hall–Kier alpha value is -2.38. The molecule has 1 aromatic heterocycles. The third kappa shape index (κ3) is 3.44. The molecular weight excluding hydrogens is 272 g/mol. The van der Waals surface area contributed by atoms with E-state index in [1.54, 1.807) is 0 Å². The van der Waals surface area contributed by atoms with Gasteiger partial charge >= 0.3 is 0 Å². The summed E-state index contributed by atoms with van der Waals surface area (Å²) in [6.07, 6.45) is 4.80. The maximum absolute atomic E-state index is 9.22. The van der Waals surface area contributed by atoms with Crippen LogP contribution in [0.2, 0.25) is 0 Å². The average molecular weight is 292 g/mol. The van der Waals surface area contributed by atoms with Crippen molar-refractivity contribution in [3.63, 3.8) is 0 Å². The van der Waals surface area contributed by atoms with E-state index in [1.165, 1.54) is 5.56 Å². The minimum absolute atomic E-state index is 0.770. The van der Waals surface area contributed by atoms with Crippen molar-refractivity contribution in [3.05, 3.63) is 59.9 Å². The first kappa shape index (κ1) is 14.6. The number of nitriles is 1. The molecule has 22 heavy (non-hydrogen) atoms. The molecule has 2 heterocycles. The summed E-state index contributed by atoms with van der Waals surface area (Å²) in [7, 11) is 0. The highest BCUT2D eigenvalue weighted by Crippen LogP contribution is 2.21. The van der Waals surface area contributed by atoms with Gasteiger partial charge in [-0.1, -0.05) is 18.2 Å². The third-order valence-corrected chi connectivity index (χ3v) is 4.18. The molecule has 0 atom stereocenters. The van der Waals surface area contributed by atoms with Gasteiger partial charge in [-0.3, -0.25) is 9.88 Å². The van der Waals surface area contributed by atoms with Gasteiger partial charge in [-0.25, -0.2) is 0 Å². The molecule has 112 valence electrons. The average Bonchev–Trinajstić information content (AvgIpc) is 2.61. The summed E-state index contributed by atoms with van der Waals surface area (Å²) in [4.78, 5) is 8.97. The molecule has 0 unspecified atom stereocenters. The normalized spacial score (nSPS) is 15.5. The van der Waals surface area contributed by atoms with E-state index in [2.05, 4.69) is 26.9 Å². The molecule has 0 N–H and O–H groups in total. The van der Waals surface area contributed by atoms with E-state index >= 15 is 0 Å². The topological polar surface area (TPSA) is 43.2 Å². The largest absolute Gasteiger partial charge is 0.368 e. The Kier molecular flexibility index (Phi) is 4.67. The van der Waals surface area contributed by atoms with Crippen molar-refractivity contribution in [2.24, 2.45) is 0 Å². The van der Waals surface area contributed by atoms with Crippen LogP contribution in [0, 0.1) is 11.3 Å². The minimum Gasteiger partial charge on any atom is -0.368 e. The zero-order valence-corrected chi connectivity index (χ0v) is 12.7. The van der Waals surface area contributed by atoms with E-state index in [4.69, 9.17) is 0 Å². The summed E-state index contributed by atoms with van der Waals surface area (Å²) in [5, 5.41) is 9.22. The molecule has 1 aromatic carbocycles. The number of anilines is 1. The maximum atomic E-state index is 9.22. The van der Waals surface area contributed by atoms with Crippen molar-refractivity contribution >= 4 is 5.69 Å². The van der Waals surface area contributed by atoms with Crippen LogP contribution in [0.1, 0.15) is 11.1 Å². The van der Waals surface area contributed by atoms with Crippen molar-refractivity contribution in [1.29, 1.82) is 5.26 Å². The van der Waals surface area contributed by atoms with Crippen molar-refractivity contribution in [3.8, 4) is 6.07 Å². The first-order chi connectivity index (χ1) is 10.9. The van der Waals surface area contributed by atoms with Gasteiger partial charge in [0.1, 0.15) is 6.07 Å². The number of hydrogen-bond acceptors (Lipinski definition) is 4. The van der Waals surface area contributed by atoms with Crippen LogP contribution in [-0.4, -0.2) is 42.6 Å². The summed E-state index contributed by atoms with van der Waals surface area (Å²) in [5.41, 5.74) is 3.13. The van der Waals surface area contributed by atoms with E-state index in [0.29, 0.717) is 0 Å². The number of rotatable bonds is 4. The van der Waals surface area contributed by atoms with Gasteiger partial charge in [-0.2, -0.15) is 5.26 Å². The van der Waals surface area contributed by atoms with E-state index in [1.807, 2.05) is 42.7 Å². The highest BCUT2D eigenvalue weighted by Gasteiger charge is 2.18. The fourth-order valence-electron chi connectivity index (χ4n) is 2.89. The van der Waals surface area contributed by atoms with Crippen LogP contribution in [0.3, 0.4) is 0 Å². The van der Waals surface area contributed by atoms with Gasteiger partial charge in [0.25, 0.3) is 0 Å². The number of aromatic nitrogens is 1. The predicted molar refractivity (Wildman–Crippen MR) is 87.8 cm³/mol. The number of para-hydroxylation sites is 1. The molecule has 1 fully saturated rings. The highest BCUT2D eigenvalue weighted by atomic mass is 15.3. The SMILES string of the molecule is N#Cc1ccccc1N1CCN(CCc2cccnc2)CC1. The lowest BCUT2D eigenvalue weighted by Crippen LogP contribution is -2.47. The van der Waals surface area contributed by atoms with Gasteiger partial charge in [0, 0.05) is 45.1 Å². The standard InChI is InChI=1S/C18H20N4/c19-14-17-5-1-2-6-18(17)22-12-10-21(11-13-22)9-7-16-4-3-8-20-15-16/h1-6,8,15H,7,9-13H2. The Morgan fingerprint density at radius 3 is 2.59 bits per heavy atom. The summed E-state index contributed by atoms with van der Waals surface area (Å²) in [6, 6.07) is 14.3. The van der Waals surface area contributed by atoms with Crippen LogP contribution in [-0.2, 0) is 6.42 Å². The Labute approximate surface area is 131 Å². The number of nitrogens with zero attached hydrogens (tertiary/aromatic N) is 4. The molecule has 0 bridgehead atoms. The molecule has 0 spiro atoms. The van der Waals surface area contributed by atoms with Crippen LogP contribution in [0.5, 0.6) is 0 Å². The predicted octanol–water partition coefficient (Wildman–Crippen LogP) is 2.32. The summed E-state index contributed by atoms with van der Waals surface area (Å²) < 4.78 is 0. The van der Waals surface area contributed by atoms with Crippen LogP contribution < -0.4 is 4.90 Å². The van der Waals surface area contributed by atoms with Crippen LogP contribution in [0.4, 0.5) is 5.69 Å². The first-order valence-electron chi connectivity index (χ1n) is 7.72. The van der Waals surface area contributed by atoms with Gasteiger partial charge < -0.3 is 4.90 Å². The van der Waals surface area contributed by atoms with Crippen molar-refractivity contribution < 1.29 is 0 Å². The second-order valence-corrected chi connectivity index (χ2v) is 5.57. The molecule has 0 aliphatic carbocycles. The molecule has 0 saturated carbocycles. The molecule has 2 aromatic rings. The van der Waals surface area contributed by atoms with Gasteiger partial charge in [0.2, 0.25) is 0 Å². The fraction of sp³-hybridized carbons (Fsp3) is 0.333. The van der Waals surface area contributed by atoms with Crippen LogP contribution >= 0.6 is 0 Å². The Morgan fingerprint density at radius 2 is 1.86 bits per heavy atom. The lowest BCUT2D eigenvalue weighted by molar-refractivity contribution is 0.261. The summed E-state index contributed by atoms with van der Waals surface area (Å²) >= 11 is 0. The second-order valence-electron chi connectivity index (χ2n) is 5.57. The lowest BCUT2D eigenvalue weighted by Gasteiger charge is -2.36. The van der Waals surface area contributed by atoms with E-state index in [0.717, 1.165) is 50.4 Å². The first-order valence-corrected chi connectivity index (χ1v) is 7.72. The van der Waals surface area contributed by atoms with Crippen molar-refractivity contribution in [2.75, 3.05) is 37.6 Å². The zero-order valence-electron chi connectivity index (χ0n) is 12.7. The van der Waals surface area contributed by atoms with Crippen molar-refractivity contribution in [2.45, 2.75) is 6.42 Å². The molecule has 4 nitrogen and oxygen atoms in total. The Morgan fingerprint density at radius 1 is 1.05 bits per heavy atom. The molecule has 3 rings (SSSR count). The number of hydrogen-bond donors (Lipinski definition) is 0. The second kappa shape index (κ2) is 7.06. The van der Waals surface area contributed by atoms with Crippen LogP contribution in [0.25, 0.3) is 0 Å². The van der Waals surface area contributed by atoms with Gasteiger partial charge in [-0.15, -0.1) is 0 Å². The number of benzene rings is 1. The molecule has 1 aliphatic heterocycles. The quantitative estimate of drug-likeness (QED) is 0.867. The highest BCUT2D eigenvalue weighted by molar-refractivity contribution is 5.59. The number of piperazine rings is 1. The van der Waals surface area contributed by atoms with Crippen LogP contribution in [0.15, 0.2) is 48.8 Å². The summed E-state index contributed by atoms with van der Waals surface area (Å²) in [6.45, 7) is 5.11. The Balaban J connectivity index is 1.53. The molecule has 1 aliphatic rings. The molecular formula is C18H20N4. The van der Waals surface area contributed by atoms with E-state index in [-0.39, 0.29) is 0 Å². The fourth-order valence-corrected chi connectivity index (χ4v) is 2.89. The molecule has 0 amide bonds. The molecule has 0 radical (unpaired) electrons. The minimum atomic E-state index is 0.770. The third-order valence-electron chi connectivity index (χ3n) is 4.18. The van der Waals surface area contributed by atoms with Gasteiger partial charge in [0.05, 0.1) is 11.3 Å². The monoisotopic (exact) mass is 292 g/mol. The molecule has 1 saturated heterocycles. The smallest absolute Gasteiger partial charge is 0.101 e. The van der Waals surface area contributed by atoms with E-state index in [9.17, 15) is 5.26 Å². The van der Waals surface area contributed by atoms with Gasteiger partial charge in [-0.05, 0) is 30.2 Å². The summed E-state index contributed by atoms with van der Waals surface area (Å²) in [5.74, 6) is 0. The molecule has 4 heteroatoms. The lowest BCUT2D eigenvalue weighted by atomic mass is 10.1. The van der Waals surface area contributed by atoms with Gasteiger partial charge in [0.15, 0.2) is 0 Å². The zero-order chi connectivity index (χ0) is 15.2. The number of pyridine rings is 1. The maximum Gasteiger partial charge on any atom is 0.101 e.